The molecule has 0 N–H and O–H groups in total. The summed E-state index contributed by atoms with van der Waals surface area (Å²) in [5.41, 5.74) is 1.23. The van der Waals surface area contributed by atoms with E-state index < -0.39 is 0 Å². The van der Waals surface area contributed by atoms with Gasteiger partial charge in [0.15, 0.2) is 0 Å². The number of allylic oxidation sites excluding steroid dienone is 1. The molecule has 0 saturated carbocycles. The second-order valence-corrected chi connectivity index (χ2v) is 4.76. The fourth-order valence-electron chi connectivity index (χ4n) is 2.18. The average molecular weight is 246 g/mol. The molecule has 0 aromatic heterocycles. The zero-order chi connectivity index (χ0) is 12.6. The van der Waals surface area contributed by atoms with Gasteiger partial charge in [-0.2, -0.15) is 0 Å². The van der Waals surface area contributed by atoms with Gasteiger partial charge in [-0.05, 0) is 31.7 Å². The summed E-state index contributed by atoms with van der Waals surface area (Å²) in [6, 6.07) is 10.3. The minimum atomic E-state index is 0.257. The van der Waals surface area contributed by atoms with Gasteiger partial charge in [-0.25, -0.2) is 0 Å². The number of rotatable bonds is 5. The van der Waals surface area contributed by atoms with E-state index in [0.29, 0.717) is 12.7 Å². The van der Waals surface area contributed by atoms with Crippen molar-refractivity contribution < 1.29 is 9.47 Å². The highest BCUT2D eigenvalue weighted by Gasteiger charge is 2.21. The van der Waals surface area contributed by atoms with Crippen molar-refractivity contribution in [3.63, 3.8) is 0 Å². The topological polar surface area (TPSA) is 18.5 Å². The van der Waals surface area contributed by atoms with Gasteiger partial charge < -0.3 is 9.47 Å². The second kappa shape index (κ2) is 7.34. The normalized spacial score (nSPS) is 24.5. The van der Waals surface area contributed by atoms with Crippen LogP contribution in [0, 0.1) is 0 Å². The molecule has 2 heteroatoms. The highest BCUT2D eigenvalue weighted by Crippen LogP contribution is 2.19. The van der Waals surface area contributed by atoms with Crippen LogP contribution in [0.4, 0.5) is 0 Å². The molecule has 1 aromatic carbocycles. The van der Waals surface area contributed by atoms with Gasteiger partial charge in [0.25, 0.3) is 0 Å². The lowest BCUT2D eigenvalue weighted by atomic mass is 10.0. The van der Waals surface area contributed by atoms with E-state index >= 15 is 0 Å². The molecule has 0 radical (unpaired) electrons. The van der Waals surface area contributed by atoms with Crippen LogP contribution in [-0.4, -0.2) is 18.8 Å². The van der Waals surface area contributed by atoms with E-state index in [1.165, 1.54) is 5.56 Å². The molecule has 1 aliphatic rings. The van der Waals surface area contributed by atoms with Crippen LogP contribution >= 0.6 is 0 Å². The van der Waals surface area contributed by atoms with E-state index in [4.69, 9.17) is 9.47 Å². The summed E-state index contributed by atoms with van der Waals surface area (Å²) in [5.74, 6) is 0. The summed E-state index contributed by atoms with van der Waals surface area (Å²) >= 11 is 0. The standard InChI is InChI=1S/C16H22O2/c1-2-3-9-15-10-11-16(13-18-15)17-12-14-7-5-4-6-8-14/h2-8,15-16H,9-13H2,1H3/b3-2+/t15-,16-/m0/s1. The molecule has 1 fully saturated rings. The molecule has 0 spiro atoms. The Morgan fingerprint density at radius 1 is 1.28 bits per heavy atom. The number of ether oxygens (including phenoxy) is 2. The van der Waals surface area contributed by atoms with E-state index in [1.54, 1.807) is 0 Å². The SMILES string of the molecule is C/C=C/C[C@H]1CC[C@H](OCc2ccccc2)CO1. The Morgan fingerprint density at radius 2 is 2.11 bits per heavy atom. The minimum absolute atomic E-state index is 0.257. The fourth-order valence-corrected chi connectivity index (χ4v) is 2.18. The summed E-state index contributed by atoms with van der Waals surface area (Å²) in [5, 5.41) is 0. The molecular weight excluding hydrogens is 224 g/mol. The highest BCUT2D eigenvalue weighted by atomic mass is 16.5. The monoisotopic (exact) mass is 246 g/mol. The Morgan fingerprint density at radius 3 is 2.78 bits per heavy atom. The first-order chi connectivity index (χ1) is 8.88. The maximum atomic E-state index is 5.88. The van der Waals surface area contributed by atoms with Gasteiger partial charge >= 0.3 is 0 Å². The molecule has 1 aromatic rings. The maximum absolute atomic E-state index is 5.88. The lowest BCUT2D eigenvalue weighted by molar-refractivity contribution is -0.0893. The van der Waals surface area contributed by atoms with Crippen molar-refractivity contribution in [2.24, 2.45) is 0 Å². The summed E-state index contributed by atoms with van der Waals surface area (Å²) in [4.78, 5) is 0. The van der Waals surface area contributed by atoms with Crippen molar-refractivity contribution in [1.82, 2.24) is 0 Å². The molecule has 0 amide bonds. The van der Waals surface area contributed by atoms with Crippen molar-refractivity contribution in [2.45, 2.75) is 45.0 Å². The first-order valence-electron chi connectivity index (χ1n) is 6.76. The summed E-state index contributed by atoms with van der Waals surface area (Å²) < 4.78 is 11.7. The largest absolute Gasteiger partial charge is 0.375 e. The molecule has 2 nitrogen and oxygen atoms in total. The van der Waals surface area contributed by atoms with Crippen molar-refractivity contribution in [2.75, 3.05) is 6.61 Å². The molecule has 1 aliphatic heterocycles. The zero-order valence-electron chi connectivity index (χ0n) is 11.0. The van der Waals surface area contributed by atoms with Gasteiger partial charge in [-0.15, -0.1) is 0 Å². The van der Waals surface area contributed by atoms with Gasteiger partial charge in [-0.1, -0.05) is 42.5 Å². The van der Waals surface area contributed by atoms with Gasteiger partial charge in [0.2, 0.25) is 0 Å². The molecular formula is C16H22O2. The Hall–Kier alpha value is -1.12. The van der Waals surface area contributed by atoms with Gasteiger partial charge in [-0.3, -0.25) is 0 Å². The van der Waals surface area contributed by atoms with Crippen LogP contribution in [0.3, 0.4) is 0 Å². The Bertz CT molecular complexity index is 351. The number of benzene rings is 1. The van der Waals surface area contributed by atoms with Gasteiger partial charge in [0, 0.05) is 0 Å². The van der Waals surface area contributed by atoms with Gasteiger partial charge in [0.05, 0.1) is 25.4 Å². The summed E-state index contributed by atoms with van der Waals surface area (Å²) in [7, 11) is 0. The lowest BCUT2D eigenvalue weighted by Gasteiger charge is -2.28. The molecule has 1 saturated heterocycles. The van der Waals surface area contributed by atoms with Crippen LogP contribution in [0.5, 0.6) is 0 Å². The Labute approximate surface area is 110 Å². The molecule has 0 unspecified atom stereocenters. The lowest BCUT2D eigenvalue weighted by Crippen LogP contribution is -2.31. The van der Waals surface area contributed by atoms with Crippen LogP contribution < -0.4 is 0 Å². The van der Waals surface area contributed by atoms with Crippen molar-refractivity contribution >= 4 is 0 Å². The highest BCUT2D eigenvalue weighted by molar-refractivity contribution is 5.13. The van der Waals surface area contributed by atoms with Crippen molar-refractivity contribution in [1.29, 1.82) is 0 Å². The fraction of sp³-hybridized carbons (Fsp3) is 0.500. The number of hydrogen-bond donors (Lipinski definition) is 0. The second-order valence-electron chi connectivity index (χ2n) is 4.76. The van der Waals surface area contributed by atoms with E-state index in [0.717, 1.165) is 25.9 Å². The van der Waals surface area contributed by atoms with E-state index in [2.05, 4.69) is 31.2 Å². The quantitative estimate of drug-likeness (QED) is 0.737. The molecule has 98 valence electrons. The van der Waals surface area contributed by atoms with Crippen LogP contribution in [-0.2, 0) is 16.1 Å². The average Bonchev–Trinajstić information content (AvgIpc) is 2.45. The number of hydrogen-bond acceptors (Lipinski definition) is 2. The predicted molar refractivity (Wildman–Crippen MR) is 73.4 cm³/mol. The van der Waals surface area contributed by atoms with E-state index in [1.807, 2.05) is 18.2 Å². The molecule has 2 rings (SSSR count). The first kappa shape index (κ1) is 13.3. The third-order valence-electron chi connectivity index (χ3n) is 3.29. The van der Waals surface area contributed by atoms with Crippen LogP contribution in [0.2, 0.25) is 0 Å². The van der Waals surface area contributed by atoms with Crippen molar-refractivity contribution in [3.05, 3.63) is 48.0 Å². The predicted octanol–water partition coefficient (Wildman–Crippen LogP) is 3.72. The van der Waals surface area contributed by atoms with Crippen LogP contribution in [0.1, 0.15) is 31.7 Å². The smallest absolute Gasteiger partial charge is 0.0814 e. The van der Waals surface area contributed by atoms with Crippen molar-refractivity contribution in [3.8, 4) is 0 Å². The summed E-state index contributed by atoms with van der Waals surface area (Å²) in [6.07, 6.45) is 8.14. The molecule has 2 atom stereocenters. The minimum Gasteiger partial charge on any atom is -0.375 e. The van der Waals surface area contributed by atoms with Gasteiger partial charge in [0.1, 0.15) is 0 Å². The van der Waals surface area contributed by atoms with Crippen LogP contribution in [0.25, 0.3) is 0 Å². The Kier molecular flexibility index (Phi) is 5.43. The molecule has 0 aliphatic carbocycles. The Balaban J connectivity index is 1.67. The third kappa shape index (κ3) is 4.28. The third-order valence-corrected chi connectivity index (χ3v) is 3.29. The van der Waals surface area contributed by atoms with E-state index in [-0.39, 0.29) is 6.10 Å². The molecule has 1 heterocycles. The first-order valence-corrected chi connectivity index (χ1v) is 6.76. The van der Waals surface area contributed by atoms with Crippen LogP contribution in [0.15, 0.2) is 42.5 Å². The maximum Gasteiger partial charge on any atom is 0.0814 e. The van der Waals surface area contributed by atoms with E-state index in [9.17, 15) is 0 Å². The molecule has 18 heavy (non-hydrogen) atoms. The summed E-state index contributed by atoms with van der Waals surface area (Å²) in [6.45, 7) is 3.47. The zero-order valence-corrected chi connectivity index (χ0v) is 11.0. The molecule has 0 bridgehead atoms.